The molecule has 22 heavy (non-hydrogen) atoms. The second-order valence-corrected chi connectivity index (χ2v) is 5.16. The van der Waals surface area contributed by atoms with Gasteiger partial charge in [0, 0.05) is 5.69 Å². The van der Waals surface area contributed by atoms with Crippen LogP contribution in [0.2, 0.25) is 0 Å². The summed E-state index contributed by atoms with van der Waals surface area (Å²) in [5.74, 6) is 0.780. The number of nitrogens with zero attached hydrogens (tertiary/aromatic N) is 2. The molecule has 1 unspecified atom stereocenters. The highest BCUT2D eigenvalue weighted by Gasteiger charge is 2.35. The first-order valence-corrected chi connectivity index (χ1v) is 7.47. The Bertz CT molecular complexity index is 701. The summed E-state index contributed by atoms with van der Waals surface area (Å²) >= 11 is 0. The van der Waals surface area contributed by atoms with E-state index in [4.69, 9.17) is 4.74 Å². The molecule has 0 saturated carbocycles. The van der Waals surface area contributed by atoms with Crippen molar-refractivity contribution in [1.29, 1.82) is 5.26 Å². The first kappa shape index (κ1) is 14.2. The van der Waals surface area contributed by atoms with Crippen LogP contribution in [-0.4, -0.2) is 13.2 Å². The first-order chi connectivity index (χ1) is 10.8. The minimum atomic E-state index is -0.0878. The first-order valence-electron chi connectivity index (χ1n) is 7.47. The molecule has 1 aliphatic heterocycles. The van der Waals surface area contributed by atoms with Gasteiger partial charge in [0.15, 0.2) is 0 Å². The SMILES string of the molecule is CCOC1=C(C#N)C(c2ccccc2)N(c2ccccc2)C1. The topological polar surface area (TPSA) is 36.3 Å². The van der Waals surface area contributed by atoms with Gasteiger partial charge in [0.2, 0.25) is 0 Å². The third-order valence-corrected chi connectivity index (χ3v) is 3.84. The maximum Gasteiger partial charge on any atom is 0.131 e. The minimum absolute atomic E-state index is 0.0878. The van der Waals surface area contributed by atoms with Crippen LogP contribution < -0.4 is 4.90 Å². The van der Waals surface area contributed by atoms with E-state index >= 15 is 0 Å². The lowest BCUT2D eigenvalue weighted by molar-refractivity contribution is 0.228. The lowest BCUT2D eigenvalue weighted by Gasteiger charge is -2.27. The number of rotatable bonds is 4. The standard InChI is InChI=1S/C19H18N2O/c1-2-22-18-14-21(16-11-7-4-8-12-16)19(17(18)13-20)15-9-5-3-6-10-15/h3-12,19H,2,14H2,1H3. The smallest absolute Gasteiger partial charge is 0.131 e. The number of anilines is 1. The van der Waals surface area contributed by atoms with Crippen molar-refractivity contribution in [1.82, 2.24) is 0 Å². The molecule has 2 aromatic carbocycles. The van der Waals surface area contributed by atoms with Crippen molar-refractivity contribution >= 4 is 5.69 Å². The van der Waals surface area contributed by atoms with Crippen molar-refractivity contribution in [2.75, 3.05) is 18.1 Å². The third-order valence-electron chi connectivity index (χ3n) is 3.84. The predicted octanol–water partition coefficient (Wildman–Crippen LogP) is 4.06. The van der Waals surface area contributed by atoms with E-state index in [9.17, 15) is 5.26 Å². The van der Waals surface area contributed by atoms with Gasteiger partial charge in [-0.05, 0) is 24.6 Å². The van der Waals surface area contributed by atoms with Gasteiger partial charge in [-0.1, -0.05) is 48.5 Å². The number of para-hydroxylation sites is 1. The summed E-state index contributed by atoms with van der Waals surface area (Å²) < 4.78 is 5.73. The Hall–Kier alpha value is -2.73. The van der Waals surface area contributed by atoms with E-state index in [2.05, 4.69) is 35.2 Å². The van der Waals surface area contributed by atoms with E-state index in [0.717, 1.165) is 17.0 Å². The molecule has 1 atom stereocenters. The van der Waals surface area contributed by atoms with Crippen LogP contribution in [-0.2, 0) is 4.74 Å². The molecular formula is C19H18N2O. The molecule has 0 bridgehead atoms. The molecular weight excluding hydrogens is 272 g/mol. The molecule has 3 rings (SSSR count). The average Bonchev–Trinajstić information content (AvgIpc) is 2.95. The van der Waals surface area contributed by atoms with E-state index in [0.29, 0.717) is 18.7 Å². The van der Waals surface area contributed by atoms with Gasteiger partial charge in [-0.3, -0.25) is 0 Å². The summed E-state index contributed by atoms with van der Waals surface area (Å²) in [6.07, 6.45) is 0. The number of hydrogen-bond acceptors (Lipinski definition) is 3. The monoisotopic (exact) mass is 290 g/mol. The van der Waals surface area contributed by atoms with E-state index in [1.165, 1.54) is 0 Å². The van der Waals surface area contributed by atoms with Crippen molar-refractivity contribution in [2.45, 2.75) is 13.0 Å². The maximum atomic E-state index is 9.64. The van der Waals surface area contributed by atoms with Gasteiger partial charge in [0.25, 0.3) is 0 Å². The molecule has 110 valence electrons. The zero-order chi connectivity index (χ0) is 15.4. The van der Waals surface area contributed by atoms with Crippen LogP contribution in [0.25, 0.3) is 0 Å². The molecule has 0 saturated heterocycles. The molecule has 3 heteroatoms. The molecule has 2 aromatic rings. The Morgan fingerprint density at radius 1 is 1.09 bits per heavy atom. The molecule has 0 aromatic heterocycles. The van der Waals surface area contributed by atoms with Crippen LogP contribution >= 0.6 is 0 Å². The summed E-state index contributed by atoms with van der Waals surface area (Å²) in [7, 11) is 0. The summed E-state index contributed by atoms with van der Waals surface area (Å²) in [6, 6.07) is 22.6. The fraction of sp³-hybridized carbons (Fsp3) is 0.211. The summed E-state index contributed by atoms with van der Waals surface area (Å²) in [4.78, 5) is 2.22. The second-order valence-electron chi connectivity index (χ2n) is 5.16. The van der Waals surface area contributed by atoms with Gasteiger partial charge in [0.1, 0.15) is 11.8 Å². The molecule has 0 spiro atoms. The van der Waals surface area contributed by atoms with Crippen molar-refractivity contribution < 1.29 is 4.74 Å². The van der Waals surface area contributed by atoms with Crippen LogP contribution in [0.1, 0.15) is 18.5 Å². The third kappa shape index (κ3) is 2.56. The van der Waals surface area contributed by atoms with Crippen molar-refractivity contribution in [3.63, 3.8) is 0 Å². The molecule has 0 amide bonds. The Morgan fingerprint density at radius 3 is 2.32 bits per heavy atom. The van der Waals surface area contributed by atoms with Crippen LogP contribution in [0.15, 0.2) is 72.0 Å². The second kappa shape index (κ2) is 6.36. The Labute approximate surface area is 131 Å². The van der Waals surface area contributed by atoms with Gasteiger partial charge in [-0.2, -0.15) is 5.26 Å². The van der Waals surface area contributed by atoms with E-state index in [1.54, 1.807) is 0 Å². The molecule has 1 aliphatic rings. The number of benzene rings is 2. The predicted molar refractivity (Wildman–Crippen MR) is 87.2 cm³/mol. The number of hydrogen-bond donors (Lipinski definition) is 0. The normalized spacial score (nSPS) is 17.5. The molecule has 0 N–H and O–H groups in total. The lowest BCUT2D eigenvalue weighted by Crippen LogP contribution is -2.25. The van der Waals surface area contributed by atoms with Gasteiger partial charge in [-0.15, -0.1) is 0 Å². The van der Waals surface area contributed by atoms with Crippen LogP contribution in [0.3, 0.4) is 0 Å². The average molecular weight is 290 g/mol. The number of nitriles is 1. The summed E-state index contributed by atoms with van der Waals surface area (Å²) in [6.45, 7) is 3.15. The Balaban J connectivity index is 2.07. The van der Waals surface area contributed by atoms with E-state index < -0.39 is 0 Å². The molecule has 0 aliphatic carbocycles. The molecule has 0 fully saturated rings. The zero-order valence-corrected chi connectivity index (χ0v) is 12.6. The van der Waals surface area contributed by atoms with Crippen LogP contribution in [0.5, 0.6) is 0 Å². The number of ether oxygens (including phenoxy) is 1. The van der Waals surface area contributed by atoms with Gasteiger partial charge in [0.05, 0.1) is 24.8 Å². The highest BCUT2D eigenvalue weighted by Crippen LogP contribution is 2.40. The maximum absolute atomic E-state index is 9.64. The van der Waals surface area contributed by atoms with Crippen LogP contribution in [0, 0.1) is 11.3 Å². The summed E-state index contributed by atoms with van der Waals surface area (Å²) in [5, 5.41) is 9.64. The largest absolute Gasteiger partial charge is 0.495 e. The summed E-state index contributed by atoms with van der Waals surface area (Å²) in [5.41, 5.74) is 2.91. The van der Waals surface area contributed by atoms with Crippen molar-refractivity contribution in [3.05, 3.63) is 77.6 Å². The fourth-order valence-electron chi connectivity index (χ4n) is 2.90. The molecule has 0 radical (unpaired) electrons. The van der Waals surface area contributed by atoms with Crippen molar-refractivity contribution in [3.8, 4) is 6.07 Å². The Kier molecular flexibility index (Phi) is 4.11. The minimum Gasteiger partial charge on any atom is -0.495 e. The van der Waals surface area contributed by atoms with Gasteiger partial charge in [-0.25, -0.2) is 0 Å². The van der Waals surface area contributed by atoms with Crippen molar-refractivity contribution in [2.24, 2.45) is 0 Å². The molecule has 3 nitrogen and oxygen atoms in total. The van der Waals surface area contributed by atoms with Gasteiger partial charge >= 0.3 is 0 Å². The van der Waals surface area contributed by atoms with Crippen LogP contribution in [0.4, 0.5) is 5.69 Å². The lowest BCUT2D eigenvalue weighted by atomic mass is 10.00. The highest BCUT2D eigenvalue weighted by molar-refractivity contribution is 5.59. The van der Waals surface area contributed by atoms with E-state index in [-0.39, 0.29) is 6.04 Å². The Morgan fingerprint density at radius 2 is 1.73 bits per heavy atom. The van der Waals surface area contributed by atoms with Gasteiger partial charge < -0.3 is 9.64 Å². The quantitative estimate of drug-likeness (QED) is 0.852. The van der Waals surface area contributed by atoms with E-state index in [1.807, 2.05) is 43.3 Å². The fourth-order valence-corrected chi connectivity index (χ4v) is 2.90. The molecule has 1 heterocycles. The highest BCUT2D eigenvalue weighted by atomic mass is 16.5. The zero-order valence-electron chi connectivity index (χ0n) is 12.6.